The van der Waals surface area contributed by atoms with Crippen LogP contribution < -0.4 is 15.4 Å². The molecule has 1 rings (SSSR count). The summed E-state index contributed by atoms with van der Waals surface area (Å²) in [5.41, 5.74) is 0.532. The molecule has 0 aliphatic rings. The van der Waals surface area contributed by atoms with E-state index in [1.807, 2.05) is 6.92 Å². The molecule has 2 N–H and O–H groups in total. The van der Waals surface area contributed by atoms with Crippen molar-refractivity contribution in [2.75, 3.05) is 52.9 Å². The molecule has 0 saturated carbocycles. The van der Waals surface area contributed by atoms with Crippen LogP contribution in [-0.4, -0.2) is 58.8 Å². The van der Waals surface area contributed by atoms with Gasteiger partial charge < -0.3 is 24.3 Å². The molecule has 0 heterocycles. The van der Waals surface area contributed by atoms with Crippen LogP contribution in [0, 0.1) is 0 Å². The number of ether oxygens (including phenoxy) is 4. The molecule has 1 aromatic rings. The SMILES string of the molecule is C=C(C)Oc1cccc(C(=O)NCCOCCOCCOCNCC)c1. The number of nitrogens with one attached hydrogen (secondary N) is 2. The van der Waals surface area contributed by atoms with Gasteiger partial charge in [-0.3, -0.25) is 10.1 Å². The van der Waals surface area contributed by atoms with Gasteiger partial charge in [-0.15, -0.1) is 0 Å². The minimum Gasteiger partial charge on any atom is -0.463 e. The Hall–Kier alpha value is -1.93. The Bertz CT molecular complexity index is 536. The molecule has 0 atom stereocenters. The lowest BCUT2D eigenvalue weighted by atomic mass is 10.2. The van der Waals surface area contributed by atoms with E-state index in [0.29, 0.717) is 63.4 Å². The van der Waals surface area contributed by atoms with Crippen molar-refractivity contribution < 1.29 is 23.7 Å². The molecule has 0 aromatic heterocycles. The largest absolute Gasteiger partial charge is 0.463 e. The molecule has 0 unspecified atom stereocenters. The van der Waals surface area contributed by atoms with Gasteiger partial charge in [0, 0.05) is 12.1 Å². The van der Waals surface area contributed by atoms with Gasteiger partial charge in [0.05, 0.1) is 45.5 Å². The maximum atomic E-state index is 12.1. The molecule has 0 aliphatic carbocycles. The lowest BCUT2D eigenvalue weighted by Gasteiger charge is -2.09. The Morgan fingerprint density at radius 1 is 1.08 bits per heavy atom. The smallest absolute Gasteiger partial charge is 0.251 e. The zero-order chi connectivity index (χ0) is 19.0. The molecular formula is C19H30N2O5. The number of amides is 1. The van der Waals surface area contributed by atoms with Gasteiger partial charge in [-0.05, 0) is 31.7 Å². The Labute approximate surface area is 155 Å². The standard InChI is InChI=1S/C19H30N2O5/c1-4-20-15-25-13-12-24-11-10-23-9-8-21-19(22)17-6-5-7-18(14-17)26-16(2)3/h5-7,14,20H,2,4,8-13,15H2,1,3H3,(H,21,22). The maximum Gasteiger partial charge on any atom is 0.251 e. The number of carbonyl (C=O) groups is 1. The molecular weight excluding hydrogens is 336 g/mol. The van der Waals surface area contributed by atoms with E-state index >= 15 is 0 Å². The lowest BCUT2D eigenvalue weighted by Crippen LogP contribution is -2.27. The summed E-state index contributed by atoms with van der Waals surface area (Å²) in [7, 11) is 0. The van der Waals surface area contributed by atoms with Crippen molar-refractivity contribution in [3.63, 3.8) is 0 Å². The van der Waals surface area contributed by atoms with Crippen LogP contribution in [0.1, 0.15) is 24.2 Å². The fraction of sp³-hybridized carbons (Fsp3) is 0.526. The number of allylic oxidation sites excluding steroid dienone is 1. The molecule has 0 fully saturated rings. The summed E-state index contributed by atoms with van der Waals surface area (Å²) in [4.78, 5) is 12.1. The Morgan fingerprint density at radius 2 is 1.77 bits per heavy atom. The van der Waals surface area contributed by atoms with E-state index in [4.69, 9.17) is 18.9 Å². The highest BCUT2D eigenvalue weighted by Crippen LogP contribution is 2.15. The van der Waals surface area contributed by atoms with E-state index in [1.54, 1.807) is 31.2 Å². The highest BCUT2D eigenvalue weighted by molar-refractivity contribution is 5.94. The summed E-state index contributed by atoms with van der Waals surface area (Å²) in [5.74, 6) is 0.991. The number of hydrogen-bond acceptors (Lipinski definition) is 6. The number of benzene rings is 1. The van der Waals surface area contributed by atoms with E-state index in [0.717, 1.165) is 6.54 Å². The summed E-state index contributed by atoms with van der Waals surface area (Å²) in [6.07, 6.45) is 0. The van der Waals surface area contributed by atoms with Crippen molar-refractivity contribution in [1.82, 2.24) is 10.6 Å². The average Bonchev–Trinajstić information content (AvgIpc) is 2.62. The molecule has 0 saturated heterocycles. The van der Waals surface area contributed by atoms with Gasteiger partial charge in [0.25, 0.3) is 5.91 Å². The van der Waals surface area contributed by atoms with Gasteiger partial charge in [-0.1, -0.05) is 19.6 Å². The molecule has 146 valence electrons. The third-order valence-electron chi connectivity index (χ3n) is 3.12. The molecule has 7 heteroatoms. The molecule has 0 aliphatic heterocycles. The van der Waals surface area contributed by atoms with Gasteiger partial charge >= 0.3 is 0 Å². The maximum absolute atomic E-state index is 12.1. The predicted octanol–water partition coefficient (Wildman–Crippen LogP) is 1.95. The van der Waals surface area contributed by atoms with E-state index in [2.05, 4.69) is 17.2 Å². The monoisotopic (exact) mass is 366 g/mol. The van der Waals surface area contributed by atoms with Crippen LogP contribution in [0.15, 0.2) is 36.6 Å². The molecule has 0 radical (unpaired) electrons. The zero-order valence-corrected chi connectivity index (χ0v) is 15.7. The van der Waals surface area contributed by atoms with E-state index in [1.165, 1.54) is 0 Å². The van der Waals surface area contributed by atoms with E-state index in [9.17, 15) is 4.79 Å². The van der Waals surface area contributed by atoms with Gasteiger partial charge in [0.2, 0.25) is 0 Å². The Kier molecular flexibility index (Phi) is 12.1. The van der Waals surface area contributed by atoms with Crippen LogP contribution in [-0.2, 0) is 14.2 Å². The van der Waals surface area contributed by atoms with Crippen LogP contribution in [0.3, 0.4) is 0 Å². The van der Waals surface area contributed by atoms with E-state index < -0.39 is 0 Å². The highest BCUT2D eigenvalue weighted by atomic mass is 16.5. The van der Waals surface area contributed by atoms with Gasteiger partial charge in [0.15, 0.2) is 0 Å². The van der Waals surface area contributed by atoms with Crippen molar-refractivity contribution >= 4 is 5.91 Å². The number of carbonyl (C=O) groups excluding carboxylic acids is 1. The van der Waals surface area contributed by atoms with Crippen LogP contribution in [0.5, 0.6) is 5.75 Å². The lowest BCUT2D eigenvalue weighted by molar-refractivity contribution is 0.0118. The first-order valence-electron chi connectivity index (χ1n) is 8.79. The second-order valence-electron chi connectivity index (χ2n) is 5.47. The fourth-order valence-corrected chi connectivity index (χ4v) is 1.93. The van der Waals surface area contributed by atoms with Crippen LogP contribution in [0.2, 0.25) is 0 Å². The van der Waals surface area contributed by atoms with Gasteiger partial charge in [0.1, 0.15) is 5.75 Å². The summed E-state index contributed by atoms with van der Waals surface area (Å²) >= 11 is 0. The average molecular weight is 366 g/mol. The molecule has 1 aromatic carbocycles. The van der Waals surface area contributed by atoms with Crippen LogP contribution in [0.4, 0.5) is 0 Å². The van der Waals surface area contributed by atoms with Gasteiger partial charge in [-0.25, -0.2) is 0 Å². The molecule has 0 bridgehead atoms. The van der Waals surface area contributed by atoms with Crippen molar-refractivity contribution in [3.8, 4) is 5.75 Å². The van der Waals surface area contributed by atoms with Gasteiger partial charge in [-0.2, -0.15) is 0 Å². The number of rotatable bonds is 15. The second-order valence-corrected chi connectivity index (χ2v) is 5.47. The zero-order valence-electron chi connectivity index (χ0n) is 15.7. The fourth-order valence-electron chi connectivity index (χ4n) is 1.93. The summed E-state index contributed by atoms with van der Waals surface area (Å²) in [6, 6.07) is 6.95. The third kappa shape index (κ3) is 10.8. The minimum absolute atomic E-state index is 0.171. The topological polar surface area (TPSA) is 78.1 Å². The van der Waals surface area contributed by atoms with Crippen molar-refractivity contribution in [2.45, 2.75) is 13.8 Å². The Balaban J connectivity index is 2.04. The first kappa shape index (κ1) is 22.1. The summed E-state index contributed by atoms with van der Waals surface area (Å²) in [5, 5.41) is 5.86. The summed E-state index contributed by atoms with van der Waals surface area (Å²) < 4.78 is 21.5. The normalized spacial score (nSPS) is 10.5. The quantitative estimate of drug-likeness (QED) is 0.281. The molecule has 26 heavy (non-hydrogen) atoms. The minimum atomic E-state index is -0.171. The van der Waals surface area contributed by atoms with Crippen molar-refractivity contribution in [3.05, 3.63) is 42.2 Å². The Morgan fingerprint density at radius 3 is 2.46 bits per heavy atom. The van der Waals surface area contributed by atoms with Crippen molar-refractivity contribution in [1.29, 1.82) is 0 Å². The van der Waals surface area contributed by atoms with Crippen LogP contribution >= 0.6 is 0 Å². The van der Waals surface area contributed by atoms with Crippen LogP contribution in [0.25, 0.3) is 0 Å². The number of hydrogen-bond donors (Lipinski definition) is 2. The van der Waals surface area contributed by atoms with E-state index in [-0.39, 0.29) is 5.91 Å². The van der Waals surface area contributed by atoms with Crippen molar-refractivity contribution in [2.24, 2.45) is 0 Å². The molecule has 1 amide bonds. The molecule has 7 nitrogen and oxygen atoms in total. The first-order valence-corrected chi connectivity index (χ1v) is 8.79. The third-order valence-corrected chi connectivity index (χ3v) is 3.12. The molecule has 0 spiro atoms. The highest BCUT2D eigenvalue weighted by Gasteiger charge is 2.06. The predicted molar refractivity (Wildman–Crippen MR) is 100 cm³/mol. The summed E-state index contributed by atoms with van der Waals surface area (Å²) in [6.45, 7) is 11.8. The second kappa shape index (κ2) is 14.3. The first-order chi connectivity index (χ1) is 12.6.